The van der Waals surface area contributed by atoms with Gasteiger partial charge in [0.2, 0.25) is 0 Å². The first-order valence-electron chi connectivity index (χ1n) is 22.8. The first kappa shape index (κ1) is 38.4. The Morgan fingerprint density at radius 2 is 0.787 bits per heavy atom. The van der Waals surface area contributed by atoms with Crippen molar-refractivity contribution in [1.82, 2.24) is 0 Å². The Morgan fingerprint density at radius 1 is 0.410 bits per heavy atom. The summed E-state index contributed by atoms with van der Waals surface area (Å²) in [6.07, 6.45) is 9.76. The van der Waals surface area contributed by atoms with E-state index in [1.54, 1.807) is 14.2 Å². The summed E-state index contributed by atoms with van der Waals surface area (Å²) in [4.78, 5) is 5.28. The van der Waals surface area contributed by atoms with Crippen LogP contribution in [-0.2, 0) is 16.2 Å². The second-order valence-corrected chi connectivity index (χ2v) is 20.3. The Bertz CT molecular complexity index is 2580. The topological polar surface area (TPSA) is 24.9 Å². The number of benzene rings is 6. The summed E-state index contributed by atoms with van der Waals surface area (Å²) in [5.74, 6) is 1.81. The van der Waals surface area contributed by atoms with Crippen molar-refractivity contribution in [3.63, 3.8) is 0 Å². The molecule has 2 saturated carbocycles. The summed E-state index contributed by atoms with van der Waals surface area (Å²) in [6.45, 7) is 14.9. The molecule has 0 radical (unpaired) electrons. The number of nitrogens with zero attached hydrogens (tertiary/aromatic N) is 2. The predicted octanol–water partition coefficient (Wildman–Crippen LogP) is 14.8. The van der Waals surface area contributed by atoms with E-state index in [-0.39, 0.29) is 27.3 Å². The van der Waals surface area contributed by atoms with Crippen molar-refractivity contribution in [2.45, 2.75) is 120 Å². The smallest absolute Gasteiger partial charge is 0.120 e. The van der Waals surface area contributed by atoms with Crippen molar-refractivity contribution in [3.05, 3.63) is 144 Å². The summed E-state index contributed by atoms with van der Waals surface area (Å²) in [6, 6.07) is 46.4. The molecular formula is C57H60N2O2. The molecule has 4 atom stereocenters. The molecule has 3 aliphatic carbocycles. The van der Waals surface area contributed by atoms with E-state index < -0.39 is 0 Å². The molecule has 0 amide bonds. The quantitative estimate of drug-likeness (QED) is 0.167. The lowest BCUT2D eigenvalue weighted by atomic mass is 9.61. The summed E-state index contributed by atoms with van der Waals surface area (Å²) in [5.41, 5.74) is 18.7. The maximum absolute atomic E-state index is 5.71. The van der Waals surface area contributed by atoms with Crippen LogP contribution in [0, 0.1) is 0 Å². The molecule has 2 aliphatic heterocycles. The van der Waals surface area contributed by atoms with Crippen LogP contribution in [0.2, 0.25) is 0 Å². The molecule has 2 fully saturated rings. The Kier molecular flexibility index (Phi) is 8.36. The maximum atomic E-state index is 5.71. The number of rotatable bonds is 6. The van der Waals surface area contributed by atoms with Crippen molar-refractivity contribution in [3.8, 4) is 44.9 Å². The number of hydrogen-bond donors (Lipinski definition) is 0. The van der Waals surface area contributed by atoms with Gasteiger partial charge in [-0.3, -0.25) is 0 Å². The number of ether oxygens (including phenoxy) is 2. The van der Waals surface area contributed by atoms with Gasteiger partial charge in [0.05, 0.1) is 25.3 Å². The van der Waals surface area contributed by atoms with Crippen LogP contribution in [0.4, 0.5) is 22.7 Å². The van der Waals surface area contributed by atoms with E-state index in [2.05, 4.69) is 173 Å². The largest absolute Gasteiger partial charge is 0.497 e. The van der Waals surface area contributed by atoms with Gasteiger partial charge in [0, 0.05) is 51.1 Å². The zero-order valence-electron chi connectivity index (χ0n) is 37.4. The molecule has 6 aromatic carbocycles. The van der Waals surface area contributed by atoms with Gasteiger partial charge in [-0.1, -0.05) is 102 Å². The standard InChI is InChI=1S/C57H60N2O2/c1-53(2)47-31-37(39-21-25-51-49(33-39)54(3)27-9-11-29-56(54,5)58(51)41-15-13-17-43(35-41)60-7)19-23-45(47)46-24-20-38(32-48(46)53)40-22-26-52-50(34-40)55(4)28-10-12-30-57(55,6)59(52)42-16-14-18-44(36-42)61-8/h13-26,31-36H,9-12,27-30H2,1-8H3. The van der Waals surface area contributed by atoms with Crippen LogP contribution in [0.15, 0.2) is 121 Å². The molecule has 2 heterocycles. The monoisotopic (exact) mass is 804 g/mol. The van der Waals surface area contributed by atoms with Gasteiger partial charge in [0.15, 0.2) is 0 Å². The van der Waals surface area contributed by atoms with E-state index >= 15 is 0 Å². The van der Waals surface area contributed by atoms with Gasteiger partial charge in [-0.2, -0.15) is 0 Å². The van der Waals surface area contributed by atoms with Crippen LogP contribution in [-0.4, -0.2) is 25.3 Å². The molecule has 11 rings (SSSR count). The third-order valence-corrected chi connectivity index (χ3v) is 17.2. The van der Waals surface area contributed by atoms with Crippen LogP contribution in [0.25, 0.3) is 33.4 Å². The third kappa shape index (κ3) is 5.17. The predicted molar refractivity (Wildman–Crippen MR) is 254 cm³/mol. The van der Waals surface area contributed by atoms with Crippen molar-refractivity contribution < 1.29 is 9.47 Å². The second kappa shape index (κ2) is 13.3. The first-order valence-corrected chi connectivity index (χ1v) is 22.8. The molecule has 6 aromatic rings. The molecule has 4 heteroatoms. The average molecular weight is 805 g/mol. The zero-order chi connectivity index (χ0) is 42.1. The maximum Gasteiger partial charge on any atom is 0.120 e. The van der Waals surface area contributed by atoms with Gasteiger partial charge in [-0.25, -0.2) is 0 Å². The fourth-order valence-electron chi connectivity index (χ4n) is 13.2. The number of anilines is 4. The molecule has 4 unspecified atom stereocenters. The van der Waals surface area contributed by atoms with E-state index in [4.69, 9.17) is 9.47 Å². The summed E-state index contributed by atoms with van der Waals surface area (Å²) in [5, 5.41) is 0. The van der Waals surface area contributed by atoms with Crippen LogP contribution >= 0.6 is 0 Å². The van der Waals surface area contributed by atoms with Gasteiger partial charge in [0.1, 0.15) is 11.5 Å². The average Bonchev–Trinajstić information content (AvgIpc) is 3.73. The minimum atomic E-state index is -0.141. The van der Waals surface area contributed by atoms with Gasteiger partial charge < -0.3 is 19.3 Å². The van der Waals surface area contributed by atoms with Gasteiger partial charge in [-0.15, -0.1) is 0 Å². The normalized spacial score (nSPS) is 26.5. The van der Waals surface area contributed by atoms with Crippen LogP contribution < -0.4 is 19.3 Å². The molecule has 0 N–H and O–H groups in total. The minimum Gasteiger partial charge on any atom is -0.497 e. The highest BCUT2D eigenvalue weighted by Crippen LogP contribution is 2.63. The molecule has 0 spiro atoms. The summed E-state index contributed by atoms with van der Waals surface area (Å²) in [7, 11) is 3.53. The number of fused-ring (bicyclic) bond motifs is 9. The number of hydrogen-bond acceptors (Lipinski definition) is 4. The fourth-order valence-corrected chi connectivity index (χ4v) is 13.2. The Morgan fingerprint density at radius 3 is 1.20 bits per heavy atom. The highest BCUT2D eigenvalue weighted by molar-refractivity contribution is 5.88. The highest BCUT2D eigenvalue weighted by atomic mass is 16.5. The zero-order valence-corrected chi connectivity index (χ0v) is 37.4. The molecular weight excluding hydrogens is 745 g/mol. The van der Waals surface area contributed by atoms with E-state index in [0.717, 1.165) is 11.5 Å². The molecule has 0 aromatic heterocycles. The minimum absolute atomic E-state index is 0.0140. The van der Waals surface area contributed by atoms with Crippen molar-refractivity contribution in [2.75, 3.05) is 24.0 Å². The fraction of sp³-hybridized carbons (Fsp3) is 0.368. The third-order valence-electron chi connectivity index (χ3n) is 17.2. The van der Waals surface area contributed by atoms with Crippen LogP contribution in [0.5, 0.6) is 11.5 Å². The van der Waals surface area contributed by atoms with Gasteiger partial charge >= 0.3 is 0 Å². The number of methoxy groups -OCH3 is 2. The van der Waals surface area contributed by atoms with Crippen molar-refractivity contribution in [1.29, 1.82) is 0 Å². The van der Waals surface area contributed by atoms with E-state index in [0.29, 0.717) is 0 Å². The lowest BCUT2D eigenvalue weighted by Crippen LogP contribution is -2.54. The van der Waals surface area contributed by atoms with E-state index in [1.165, 1.54) is 130 Å². The van der Waals surface area contributed by atoms with Crippen molar-refractivity contribution in [2.24, 2.45) is 0 Å². The molecule has 61 heavy (non-hydrogen) atoms. The summed E-state index contributed by atoms with van der Waals surface area (Å²) < 4.78 is 11.4. The van der Waals surface area contributed by atoms with Crippen LogP contribution in [0.3, 0.4) is 0 Å². The first-order chi connectivity index (χ1) is 29.3. The van der Waals surface area contributed by atoms with Gasteiger partial charge in [0.25, 0.3) is 0 Å². The molecule has 4 nitrogen and oxygen atoms in total. The Balaban J connectivity index is 0.954. The Labute approximate surface area is 363 Å². The second-order valence-electron chi connectivity index (χ2n) is 20.3. The van der Waals surface area contributed by atoms with Crippen molar-refractivity contribution >= 4 is 22.7 Å². The summed E-state index contributed by atoms with van der Waals surface area (Å²) >= 11 is 0. The highest BCUT2D eigenvalue weighted by Gasteiger charge is 2.59. The van der Waals surface area contributed by atoms with Gasteiger partial charge in [-0.05, 0) is 156 Å². The molecule has 5 aliphatic rings. The molecule has 0 saturated heterocycles. The van der Waals surface area contributed by atoms with E-state index in [9.17, 15) is 0 Å². The van der Waals surface area contributed by atoms with Crippen LogP contribution in [0.1, 0.15) is 115 Å². The Hall–Kier alpha value is -5.48. The SMILES string of the molecule is COc1cccc(N2c3ccc(-c4ccc5c(c4)C(C)(C)c4cc(-c6ccc7c(c6)C6(C)CCCCC6(C)N7c6cccc(OC)c6)ccc4-5)cc3C3(C)CCCCC23C)c1. The lowest BCUT2D eigenvalue weighted by Gasteiger charge is -2.50. The molecule has 0 bridgehead atoms. The molecule has 310 valence electrons. The lowest BCUT2D eigenvalue weighted by molar-refractivity contribution is 0.195. The van der Waals surface area contributed by atoms with E-state index in [1.807, 2.05) is 0 Å².